The largest absolute Gasteiger partial charge is 0.368 e. The lowest BCUT2D eigenvalue weighted by atomic mass is 10.1. The second kappa shape index (κ2) is 8.53. The summed E-state index contributed by atoms with van der Waals surface area (Å²) in [7, 11) is 0. The Morgan fingerprint density at radius 1 is 1.06 bits per heavy atom. The Hall–Kier alpha value is -4.15. The van der Waals surface area contributed by atoms with Gasteiger partial charge < -0.3 is 15.6 Å². The van der Waals surface area contributed by atoms with Gasteiger partial charge in [0.2, 0.25) is 5.91 Å². The second-order valence-electron chi connectivity index (χ2n) is 6.93. The van der Waals surface area contributed by atoms with Crippen molar-refractivity contribution in [2.45, 2.75) is 13.0 Å². The van der Waals surface area contributed by atoms with Crippen molar-refractivity contribution in [2.75, 3.05) is 6.54 Å². The maximum Gasteiger partial charge on any atom is 0.270 e. The minimum atomic E-state index is -2.63. The van der Waals surface area contributed by atoms with Crippen LogP contribution >= 0.6 is 0 Å². The van der Waals surface area contributed by atoms with Crippen molar-refractivity contribution in [3.63, 3.8) is 0 Å². The molecule has 3 N–H and O–H groups in total. The molecule has 3 aromatic heterocycles. The Morgan fingerprint density at radius 3 is 2.47 bits per heavy atom. The zero-order valence-corrected chi connectivity index (χ0v) is 16.5. The average molecular weight is 442 g/mol. The topological polar surface area (TPSA) is 107 Å². The molecule has 0 aliphatic rings. The van der Waals surface area contributed by atoms with Crippen molar-refractivity contribution in [3.05, 3.63) is 66.6 Å². The maximum absolute atomic E-state index is 13.4. The number of aromatic nitrogens is 4. The van der Waals surface area contributed by atoms with Crippen LogP contribution in [-0.4, -0.2) is 43.7 Å². The molecule has 0 unspecified atom stereocenters. The molecule has 32 heavy (non-hydrogen) atoms. The monoisotopic (exact) mass is 442 g/mol. The predicted molar refractivity (Wildman–Crippen MR) is 109 cm³/mol. The SMILES string of the molecule is NC(=O)CNC(=O)c1cnc2ccc(-c3c(-c4ccc(F)cc4)ncn3CC(F)F)cn12. The number of benzene rings is 1. The summed E-state index contributed by atoms with van der Waals surface area (Å²) in [4.78, 5) is 31.8. The Kier molecular flexibility index (Phi) is 5.63. The number of pyridine rings is 1. The first-order valence-electron chi connectivity index (χ1n) is 9.46. The van der Waals surface area contributed by atoms with Gasteiger partial charge in [-0.2, -0.15) is 0 Å². The molecule has 0 fully saturated rings. The Morgan fingerprint density at radius 2 is 1.78 bits per heavy atom. The number of hydrogen-bond donors (Lipinski definition) is 2. The first-order valence-corrected chi connectivity index (χ1v) is 9.46. The molecule has 4 rings (SSSR count). The number of primary amides is 1. The minimum Gasteiger partial charge on any atom is -0.368 e. The van der Waals surface area contributed by atoms with Crippen molar-refractivity contribution in [2.24, 2.45) is 5.73 Å². The molecular formula is C21H17F3N6O2. The molecule has 0 saturated carbocycles. The van der Waals surface area contributed by atoms with Crippen molar-refractivity contribution in [1.82, 2.24) is 24.3 Å². The molecular weight excluding hydrogens is 425 g/mol. The Bertz CT molecular complexity index is 1300. The van der Waals surface area contributed by atoms with Gasteiger partial charge in [-0.15, -0.1) is 0 Å². The van der Waals surface area contributed by atoms with E-state index >= 15 is 0 Å². The zero-order chi connectivity index (χ0) is 22.8. The number of rotatable bonds is 7. The minimum absolute atomic E-state index is 0.131. The number of nitrogens with two attached hydrogens (primary N) is 1. The number of nitrogens with zero attached hydrogens (tertiary/aromatic N) is 4. The average Bonchev–Trinajstić information content (AvgIpc) is 3.36. The molecule has 2 amide bonds. The summed E-state index contributed by atoms with van der Waals surface area (Å²) in [5.74, 6) is -1.71. The van der Waals surface area contributed by atoms with Gasteiger partial charge in [0, 0.05) is 17.3 Å². The van der Waals surface area contributed by atoms with Crippen LogP contribution < -0.4 is 11.1 Å². The summed E-state index contributed by atoms with van der Waals surface area (Å²) in [6.45, 7) is -0.945. The van der Waals surface area contributed by atoms with E-state index in [2.05, 4.69) is 15.3 Å². The molecule has 0 bridgehead atoms. The van der Waals surface area contributed by atoms with Gasteiger partial charge in [-0.05, 0) is 36.4 Å². The van der Waals surface area contributed by atoms with E-state index in [4.69, 9.17) is 5.73 Å². The van der Waals surface area contributed by atoms with Crippen LogP contribution in [0.4, 0.5) is 13.2 Å². The van der Waals surface area contributed by atoms with Gasteiger partial charge >= 0.3 is 0 Å². The molecule has 11 heteroatoms. The van der Waals surface area contributed by atoms with Crippen LogP contribution in [0.2, 0.25) is 0 Å². The van der Waals surface area contributed by atoms with Crippen molar-refractivity contribution in [1.29, 1.82) is 0 Å². The van der Waals surface area contributed by atoms with Crippen LogP contribution in [0.25, 0.3) is 28.2 Å². The molecule has 1 aromatic carbocycles. The van der Waals surface area contributed by atoms with Gasteiger partial charge in [0.25, 0.3) is 12.3 Å². The lowest BCUT2D eigenvalue weighted by molar-refractivity contribution is -0.117. The summed E-state index contributed by atoms with van der Waals surface area (Å²) in [5.41, 5.74) is 7.40. The summed E-state index contributed by atoms with van der Waals surface area (Å²) >= 11 is 0. The molecule has 8 nitrogen and oxygen atoms in total. The van der Waals surface area contributed by atoms with Crippen LogP contribution in [0, 0.1) is 5.82 Å². The number of nitrogens with one attached hydrogen (secondary N) is 1. The molecule has 0 aliphatic carbocycles. The standard InChI is InChI=1S/C21H17F3N6O2/c22-14-4-1-12(2-5-14)19-20(29(11-28-19)10-16(23)24)13-3-6-18-26-7-15(30(18)9-13)21(32)27-8-17(25)31/h1-7,9,11,16H,8,10H2,(H2,25,31)(H,27,32). The van der Waals surface area contributed by atoms with Crippen molar-refractivity contribution < 1.29 is 22.8 Å². The van der Waals surface area contributed by atoms with Gasteiger partial charge in [-0.3, -0.25) is 14.0 Å². The fourth-order valence-corrected chi connectivity index (χ4v) is 3.34. The molecule has 0 saturated heterocycles. The molecule has 0 radical (unpaired) electrons. The molecule has 4 aromatic rings. The Labute approximate surface area is 179 Å². The number of hydrogen-bond acceptors (Lipinski definition) is 4. The van der Waals surface area contributed by atoms with E-state index in [1.54, 1.807) is 18.3 Å². The van der Waals surface area contributed by atoms with E-state index in [0.29, 0.717) is 28.2 Å². The van der Waals surface area contributed by atoms with E-state index in [0.717, 1.165) is 0 Å². The van der Waals surface area contributed by atoms with Crippen molar-refractivity contribution in [3.8, 4) is 22.5 Å². The summed E-state index contributed by atoms with van der Waals surface area (Å²) < 4.78 is 42.5. The van der Waals surface area contributed by atoms with Crippen LogP contribution in [0.3, 0.4) is 0 Å². The highest BCUT2D eigenvalue weighted by molar-refractivity contribution is 5.95. The lowest BCUT2D eigenvalue weighted by Crippen LogP contribution is -2.33. The highest BCUT2D eigenvalue weighted by Gasteiger charge is 2.20. The van der Waals surface area contributed by atoms with Crippen LogP contribution in [0.5, 0.6) is 0 Å². The van der Waals surface area contributed by atoms with E-state index in [-0.39, 0.29) is 12.2 Å². The van der Waals surface area contributed by atoms with Crippen LogP contribution in [-0.2, 0) is 11.3 Å². The quantitative estimate of drug-likeness (QED) is 0.459. The van der Waals surface area contributed by atoms with Crippen molar-refractivity contribution >= 4 is 17.5 Å². The molecule has 0 spiro atoms. The summed E-state index contributed by atoms with van der Waals surface area (Å²) in [6.07, 6.45) is 1.55. The number of carbonyl (C=O) groups is 2. The summed E-state index contributed by atoms with van der Waals surface area (Å²) in [6, 6.07) is 8.81. The third kappa shape index (κ3) is 4.17. The number of amides is 2. The van der Waals surface area contributed by atoms with E-state index < -0.39 is 30.6 Å². The maximum atomic E-state index is 13.4. The number of fused-ring (bicyclic) bond motifs is 1. The molecule has 0 aliphatic heterocycles. The van der Waals surface area contributed by atoms with Gasteiger partial charge in [-0.1, -0.05) is 0 Å². The number of halogens is 3. The Balaban J connectivity index is 1.83. The fourth-order valence-electron chi connectivity index (χ4n) is 3.34. The van der Waals surface area contributed by atoms with E-state index in [9.17, 15) is 22.8 Å². The summed E-state index contributed by atoms with van der Waals surface area (Å²) in [5, 5.41) is 2.38. The highest BCUT2D eigenvalue weighted by Crippen LogP contribution is 2.32. The number of carbonyl (C=O) groups excluding carboxylic acids is 2. The zero-order valence-electron chi connectivity index (χ0n) is 16.5. The van der Waals surface area contributed by atoms with Crippen LogP contribution in [0.1, 0.15) is 10.5 Å². The fraction of sp³-hybridized carbons (Fsp3) is 0.143. The van der Waals surface area contributed by atoms with Gasteiger partial charge in [-0.25, -0.2) is 23.1 Å². The normalized spacial score (nSPS) is 11.2. The van der Waals surface area contributed by atoms with E-state index in [1.165, 1.54) is 45.8 Å². The highest BCUT2D eigenvalue weighted by atomic mass is 19.3. The van der Waals surface area contributed by atoms with Gasteiger partial charge in [0.05, 0.1) is 37.0 Å². The third-order valence-electron chi connectivity index (χ3n) is 4.72. The smallest absolute Gasteiger partial charge is 0.270 e. The lowest BCUT2D eigenvalue weighted by Gasteiger charge is -2.11. The number of alkyl halides is 2. The number of imidazole rings is 2. The molecule has 0 atom stereocenters. The first-order chi connectivity index (χ1) is 15.3. The molecule has 3 heterocycles. The van der Waals surface area contributed by atoms with Gasteiger partial charge in [0.1, 0.15) is 17.2 Å². The second-order valence-corrected chi connectivity index (χ2v) is 6.93. The first kappa shape index (κ1) is 21.1. The van der Waals surface area contributed by atoms with Crippen LogP contribution in [0.15, 0.2) is 55.1 Å². The molecule has 164 valence electrons. The predicted octanol–water partition coefficient (Wildman–Crippen LogP) is 2.48. The van der Waals surface area contributed by atoms with Gasteiger partial charge in [0.15, 0.2) is 0 Å². The van der Waals surface area contributed by atoms with E-state index in [1.807, 2.05) is 0 Å². The third-order valence-corrected chi connectivity index (χ3v) is 4.72.